The number of thioether (sulfide) groups is 1. The monoisotopic (exact) mass is 434 g/mol. The van der Waals surface area contributed by atoms with Crippen LogP contribution in [0.5, 0.6) is 5.75 Å². The van der Waals surface area contributed by atoms with E-state index in [1.807, 2.05) is 31.2 Å². The predicted octanol–water partition coefficient (Wildman–Crippen LogP) is -0.157. The number of nitrogens with zero attached hydrogens (tertiary/aromatic N) is 4. The highest BCUT2D eigenvalue weighted by Gasteiger charge is 2.48. The van der Waals surface area contributed by atoms with Crippen LogP contribution in [0, 0.1) is 0 Å². The van der Waals surface area contributed by atoms with Crippen LogP contribution >= 0.6 is 11.8 Å². The van der Waals surface area contributed by atoms with E-state index in [1.165, 1.54) is 11.8 Å². The van der Waals surface area contributed by atoms with Gasteiger partial charge >= 0.3 is 0 Å². The molecule has 0 saturated carbocycles. The Bertz CT molecular complexity index is 893. The van der Waals surface area contributed by atoms with E-state index in [1.54, 1.807) is 10.9 Å². The van der Waals surface area contributed by atoms with E-state index in [-0.39, 0.29) is 18.6 Å². The number of nitrogens with two attached hydrogens (primary N) is 1. The zero-order valence-corrected chi connectivity index (χ0v) is 17.4. The first-order chi connectivity index (χ1) is 14.6. The maximum Gasteiger partial charge on any atom is 0.159 e. The van der Waals surface area contributed by atoms with Crippen molar-refractivity contribution >= 4 is 16.9 Å². The highest BCUT2D eigenvalue weighted by atomic mass is 32.2. The number of aliphatic hydroxyl groups is 2. The lowest BCUT2D eigenvalue weighted by atomic mass is 9.98. The number of aliphatic hydroxyl groups excluding tert-OH is 2. The minimum Gasteiger partial charge on any atom is -0.487 e. The van der Waals surface area contributed by atoms with E-state index in [4.69, 9.17) is 15.2 Å². The van der Waals surface area contributed by atoms with Crippen LogP contribution in [0.4, 0.5) is 0 Å². The molecular weight excluding hydrogens is 408 g/mol. The number of nitrogens with one attached hydrogen (secondary N) is 1. The maximum absolute atomic E-state index is 10.5. The molecule has 162 valence electrons. The van der Waals surface area contributed by atoms with E-state index in [2.05, 4.69) is 20.6 Å². The van der Waals surface area contributed by atoms with Crippen molar-refractivity contribution in [3.8, 4) is 5.75 Å². The topological polar surface area (TPSA) is 140 Å². The van der Waals surface area contributed by atoms with E-state index < -0.39 is 24.4 Å². The summed E-state index contributed by atoms with van der Waals surface area (Å²) >= 11 is 1.42. The normalized spacial score (nSPS) is 28.1. The van der Waals surface area contributed by atoms with Gasteiger partial charge in [0.05, 0.1) is 12.7 Å². The number of hydrogen-bond acceptors (Lipinski definition) is 10. The zero-order chi connectivity index (χ0) is 21.1. The Labute approximate surface area is 178 Å². The number of amidine groups is 1. The molecule has 30 heavy (non-hydrogen) atoms. The molecule has 0 radical (unpaired) electrons. The lowest BCUT2D eigenvalue weighted by molar-refractivity contribution is -0.157. The minimum absolute atomic E-state index is 0.244. The van der Waals surface area contributed by atoms with Crippen molar-refractivity contribution in [3.63, 3.8) is 0 Å². The number of fused-ring (bicyclic) bond motifs is 1. The number of hydrogen-bond donors (Lipinski definition) is 4. The first-order valence-corrected chi connectivity index (χ1v) is 10.8. The summed E-state index contributed by atoms with van der Waals surface area (Å²) in [5, 5.41) is 33.1. The fourth-order valence-corrected chi connectivity index (χ4v) is 4.65. The molecule has 0 spiro atoms. The first-order valence-electron chi connectivity index (χ1n) is 9.88. The van der Waals surface area contributed by atoms with Gasteiger partial charge in [-0.05, 0) is 13.0 Å². The van der Waals surface area contributed by atoms with Gasteiger partial charge in [0.25, 0.3) is 0 Å². The maximum atomic E-state index is 10.5. The van der Waals surface area contributed by atoms with Gasteiger partial charge in [-0.25, -0.2) is 4.68 Å². The van der Waals surface area contributed by atoms with E-state index in [0.29, 0.717) is 18.0 Å². The van der Waals surface area contributed by atoms with Gasteiger partial charge in [-0.3, -0.25) is 4.99 Å². The van der Waals surface area contributed by atoms with Crippen molar-refractivity contribution in [2.45, 2.75) is 56.4 Å². The van der Waals surface area contributed by atoms with Crippen LogP contribution in [0.25, 0.3) is 0 Å². The molecule has 5 atom stereocenters. The quantitative estimate of drug-likeness (QED) is 0.468. The Kier molecular flexibility index (Phi) is 6.54. The third-order valence-electron chi connectivity index (χ3n) is 5.01. The number of rotatable bonds is 7. The lowest BCUT2D eigenvalue weighted by Crippen LogP contribution is -2.55. The number of aromatic nitrogens is 3. The van der Waals surface area contributed by atoms with Crippen LogP contribution in [0.2, 0.25) is 0 Å². The van der Waals surface area contributed by atoms with Crippen molar-refractivity contribution in [2.24, 2.45) is 10.7 Å². The Balaban J connectivity index is 1.36. The van der Waals surface area contributed by atoms with Crippen molar-refractivity contribution < 1.29 is 19.7 Å². The van der Waals surface area contributed by atoms with Crippen LogP contribution in [0.1, 0.15) is 18.2 Å². The van der Waals surface area contributed by atoms with Gasteiger partial charge in [0.2, 0.25) is 0 Å². The summed E-state index contributed by atoms with van der Waals surface area (Å²) in [5.74, 6) is 0.713. The van der Waals surface area contributed by atoms with Gasteiger partial charge in [0.15, 0.2) is 5.17 Å². The molecule has 0 amide bonds. The molecule has 11 heteroatoms. The smallest absolute Gasteiger partial charge is 0.159 e. The summed E-state index contributed by atoms with van der Waals surface area (Å²) in [6.07, 6.45) is -0.964. The van der Waals surface area contributed by atoms with Gasteiger partial charge in [-0.1, -0.05) is 35.2 Å². The lowest BCUT2D eigenvalue weighted by Gasteiger charge is -2.38. The average molecular weight is 435 g/mol. The molecule has 1 saturated heterocycles. The number of aliphatic imine (C=N–C) groups is 1. The third kappa shape index (κ3) is 4.44. The van der Waals surface area contributed by atoms with Gasteiger partial charge < -0.3 is 30.7 Å². The Morgan fingerprint density at radius 3 is 2.93 bits per heavy atom. The molecule has 0 unspecified atom stereocenters. The van der Waals surface area contributed by atoms with Gasteiger partial charge in [-0.15, -0.1) is 5.10 Å². The van der Waals surface area contributed by atoms with E-state index >= 15 is 0 Å². The molecule has 0 aliphatic carbocycles. The summed E-state index contributed by atoms with van der Waals surface area (Å²) < 4.78 is 13.4. The third-order valence-corrected chi connectivity index (χ3v) is 6.11. The fraction of sp³-hybridized carbons (Fsp3) is 0.526. The van der Waals surface area contributed by atoms with Gasteiger partial charge in [-0.2, -0.15) is 0 Å². The first kappa shape index (κ1) is 21.1. The average Bonchev–Trinajstić information content (AvgIpc) is 3.37. The van der Waals surface area contributed by atoms with Crippen molar-refractivity contribution in [1.29, 1.82) is 0 Å². The highest BCUT2D eigenvalue weighted by molar-refractivity contribution is 8.14. The Hall–Kier alpha value is -2.18. The van der Waals surface area contributed by atoms with E-state index in [0.717, 1.165) is 17.3 Å². The molecule has 2 aliphatic rings. The molecule has 3 heterocycles. The van der Waals surface area contributed by atoms with Crippen LogP contribution in [0.3, 0.4) is 0 Å². The molecule has 5 N–H and O–H groups in total. The van der Waals surface area contributed by atoms with Crippen LogP contribution in [-0.2, 0) is 24.4 Å². The van der Waals surface area contributed by atoms with E-state index in [9.17, 15) is 10.2 Å². The van der Waals surface area contributed by atoms with Crippen LogP contribution < -0.4 is 15.8 Å². The van der Waals surface area contributed by atoms with Crippen LogP contribution in [0.15, 0.2) is 35.5 Å². The summed E-state index contributed by atoms with van der Waals surface area (Å²) in [4.78, 5) is 4.42. The zero-order valence-electron chi connectivity index (χ0n) is 16.6. The van der Waals surface area contributed by atoms with Crippen molar-refractivity contribution in [2.75, 3.05) is 6.54 Å². The Morgan fingerprint density at radius 1 is 1.30 bits per heavy atom. The van der Waals surface area contributed by atoms with Gasteiger partial charge in [0.1, 0.15) is 47.8 Å². The molecule has 10 nitrogen and oxygen atoms in total. The Morgan fingerprint density at radius 2 is 2.13 bits per heavy atom. The van der Waals surface area contributed by atoms with Crippen molar-refractivity contribution in [3.05, 3.63) is 41.7 Å². The summed E-state index contributed by atoms with van der Waals surface area (Å²) in [5.41, 5.74) is 6.94. The van der Waals surface area contributed by atoms with Crippen LogP contribution in [-0.4, -0.2) is 66.7 Å². The summed E-state index contributed by atoms with van der Waals surface area (Å²) in [6, 6.07) is 7.09. The molecule has 1 aromatic heterocycles. The van der Waals surface area contributed by atoms with Crippen molar-refractivity contribution in [1.82, 2.24) is 20.3 Å². The summed E-state index contributed by atoms with van der Waals surface area (Å²) in [7, 11) is 0. The molecule has 0 bridgehead atoms. The molecule has 1 fully saturated rings. The molecule has 4 rings (SSSR count). The standard InChI is InChI=1S/C19H26N6O4S/c1-2-21-19-22-15-17(27)16(26)14(29-18(15)30-19)9-25-8-12(23-24-25)10-28-13-6-4-3-5-11(13)7-20/h3-6,8,14-18,26-27H,2,7,9-10,20H2,1H3,(H,21,22)/t14-,15-,16-,17-,18-/m1/s1. The summed E-state index contributed by atoms with van der Waals surface area (Å²) in [6.45, 7) is 3.59. The largest absolute Gasteiger partial charge is 0.487 e. The second-order valence-corrected chi connectivity index (χ2v) is 8.22. The minimum atomic E-state index is -1.07. The molecule has 1 aromatic carbocycles. The number of benzene rings is 1. The second-order valence-electron chi connectivity index (χ2n) is 7.13. The number of ether oxygens (including phenoxy) is 2. The molecule has 2 aliphatic heterocycles. The SMILES string of the molecule is CCNC1=N[C@@H]2[C@@H](O)[C@H](O)[C@@H](Cn3cc(COc4ccccc4CN)nn3)O[C@@H]2S1. The predicted molar refractivity (Wildman–Crippen MR) is 112 cm³/mol. The second kappa shape index (κ2) is 9.31. The fourth-order valence-electron chi connectivity index (χ4n) is 3.46. The van der Waals surface area contributed by atoms with Gasteiger partial charge in [0, 0.05) is 18.7 Å². The number of para-hydroxylation sites is 1. The molecular formula is C19H26N6O4S. The molecule has 2 aromatic rings. The highest BCUT2D eigenvalue weighted by Crippen LogP contribution is 2.36.